The number of halogens is 2. The van der Waals surface area contributed by atoms with Gasteiger partial charge in [0.05, 0.1) is 10.6 Å². The molecule has 0 spiro atoms. The number of fused-ring (bicyclic) bond motifs is 1. The van der Waals surface area contributed by atoms with Crippen LogP contribution in [0.1, 0.15) is 33.6 Å². The number of amides is 2. The molecule has 8 heteroatoms. The summed E-state index contributed by atoms with van der Waals surface area (Å²) in [6.07, 6.45) is 1.15. The van der Waals surface area contributed by atoms with Crippen molar-refractivity contribution in [1.29, 1.82) is 0 Å². The molecule has 2 aliphatic rings. The molecule has 0 atom stereocenters. The van der Waals surface area contributed by atoms with Crippen LogP contribution in [0.3, 0.4) is 0 Å². The minimum atomic E-state index is -0.629. The van der Waals surface area contributed by atoms with E-state index in [2.05, 4.69) is 5.32 Å². The number of ether oxygens (including phenoxy) is 2. The lowest BCUT2D eigenvalue weighted by molar-refractivity contribution is 0.0694. The third kappa shape index (κ3) is 3.62. The van der Waals surface area contributed by atoms with E-state index in [1.807, 2.05) is 0 Å². The van der Waals surface area contributed by atoms with E-state index in [0.29, 0.717) is 43.0 Å². The molecule has 0 aliphatic carbocycles. The van der Waals surface area contributed by atoms with Crippen molar-refractivity contribution >= 4 is 23.4 Å². The first-order valence-corrected chi connectivity index (χ1v) is 9.34. The fourth-order valence-corrected chi connectivity index (χ4v) is 3.64. The summed E-state index contributed by atoms with van der Waals surface area (Å²) in [6, 6.07) is 9.15. The zero-order valence-electron chi connectivity index (χ0n) is 14.9. The largest absolute Gasteiger partial charge is 0.454 e. The van der Waals surface area contributed by atoms with Crippen LogP contribution in [0.25, 0.3) is 0 Å². The summed E-state index contributed by atoms with van der Waals surface area (Å²) in [4.78, 5) is 26.6. The van der Waals surface area contributed by atoms with E-state index in [1.165, 1.54) is 18.2 Å². The predicted octanol–water partition coefficient (Wildman–Crippen LogP) is 3.24. The SMILES string of the molecule is O=C(NC1CCN(C(=O)c2c(F)cccc2Cl)CC1)c1ccc2c(c1)OCO2. The number of hydrogen-bond donors (Lipinski definition) is 1. The van der Waals surface area contributed by atoms with Crippen LogP contribution in [-0.2, 0) is 0 Å². The average Bonchev–Trinajstić information content (AvgIpc) is 3.16. The highest BCUT2D eigenvalue weighted by Gasteiger charge is 2.28. The molecular formula is C20H18ClFN2O4. The van der Waals surface area contributed by atoms with Gasteiger partial charge in [0.2, 0.25) is 6.79 Å². The van der Waals surface area contributed by atoms with E-state index in [0.717, 1.165) is 0 Å². The normalized spacial score (nSPS) is 16.1. The van der Waals surface area contributed by atoms with Gasteiger partial charge in [0, 0.05) is 24.7 Å². The zero-order chi connectivity index (χ0) is 19.7. The fraction of sp³-hybridized carbons (Fsp3) is 0.300. The van der Waals surface area contributed by atoms with Gasteiger partial charge in [0.15, 0.2) is 11.5 Å². The molecule has 146 valence electrons. The number of rotatable bonds is 3. The fourth-order valence-electron chi connectivity index (χ4n) is 3.39. The Morgan fingerprint density at radius 1 is 1.11 bits per heavy atom. The van der Waals surface area contributed by atoms with Gasteiger partial charge in [-0.05, 0) is 43.2 Å². The Labute approximate surface area is 166 Å². The molecule has 0 unspecified atom stereocenters. The van der Waals surface area contributed by atoms with Gasteiger partial charge < -0.3 is 19.7 Å². The van der Waals surface area contributed by atoms with Crippen molar-refractivity contribution in [1.82, 2.24) is 10.2 Å². The van der Waals surface area contributed by atoms with Crippen molar-refractivity contribution in [3.8, 4) is 11.5 Å². The molecule has 4 rings (SSSR count). The minimum absolute atomic E-state index is 0.0712. The first-order chi connectivity index (χ1) is 13.5. The van der Waals surface area contributed by atoms with Gasteiger partial charge in [-0.3, -0.25) is 9.59 Å². The summed E-state index contributed by atoms with van der Waals surface area (Å²) < 4.78 is 24.5. The van der Waals surface area contributed by atoms with Gasteiger partial charge in [0.1, 0.15) is 5.82 Å². The maximum absolute atomic E-state index is 14.0. The van der Waals surface area contributed by atoms with E-state index in [4.69, 9.17) is 21.1 Å². The first-order valence-electron chi connectivity index (χ1n) is 8.97. The topological polar surface area (TPSA) is 67.9 Å². The lowest BCUT2D eigenvalue weighted by Crippen LogP contribution is -2.46. The van der Waals surface area contributed by atoms with E-state index in [-0.39, 0.29) is 29.3 Å². The molecule has 2 heterocycles. The number of benzene rings is 2. The quantitative estimate of drug-likeness (QED) is 0.852. The van der Waals surface area contributed by atoms with Gasteiger partial charge in [0.25, 0.3) is 11.8 Å². The Kier molecular flexibility index (Phi) is 5.09. The number of likely N-dealkylation sites (tertiary alicyclic amines) is 1. The van der Waals surface area contributed by atoms with Crippen LogP contribution in [0.5, 0.6) is 11.5 Å². The monoisotopic (exact) mass is 404 g/mol. The molecule has 6 nitrogen and oxygen atoms in total. The van der Waals surface area contributed by atoms with Crippen LogP contribution in [-0.4, -0.2) is 42.6 Å². The second-order valence-corrected chi connectivity index (χ2v) is 7.11. The van der Waals surface area contributed by atoms with E-state index in [1.54, 1.807) is 23.1 Å². The third-order valence-electron chi connectivity index (χ3n) is 4.93. The van der Waals surface area contributed by atoms with Crippen molar-refractivity contribution in [2.45, 2.75) is 18.9 Å². The van der Waals surface area contributed by atoms with Gasteiger partial charge in [-0.2, -0.15) is 0 Å². The summed E-state index contributed by atoms with van der Waals surface area (Å²) in [7, 11) is 0. The Bertz CT molecular complexity index is 908. The molecule has 2 amide bonds. The number of piperidine rings is 1. The summed E-state index contributed by atoms with van der Waals surface area (Å²) in [5, 5.41) is 3.08. The molecule has 2 aromatic carbocycles. The van der Waals surface area contributed by atoms with Crippen molar-refractivity contribution in [2.75, 3.05) is 19.9 Å². The molecule has 0 bridgehead atoms. The van der Waals surface area contributed by atoms with Crippen molar-refractivity contribution in [2.24, 2.45) is 0 Å². The van der Waals surface area contributed by atoms with Gasteiger partial charge in [-0.1, -0.05) is 17.7 Å². The maximum Gasteiger partial charge on any atom is 0.258 e. The van der Waals surface area contributed by atoms with E-state index >= 15 is 0 Å². The zero-order valence-corrected chi connectivity index (χ0v) is 15.7. The van der Waals surface area contributed by atoms with Crippen LogP contribution in [0.4, 0.5) is 4.39 Å². The molecule has 0 saturated carbocycles. The van der Waals surface area contributed by atoms with E-state index < -0.39 is 11.7 Å². The number of carbonyl (C=O) groups is 2. The van der Waals surface area contributed by atoms with Crippen molar-refractivity contribution < 1.29 is 23.5 Å². The minimum Gasteiger partial charge on any atom is -0.454 e. The second-order valence-electron chi connectivity index (χ2n) is 6.70. The smallest absolute Gasteiger partial charge is 0.258 e. The second kappa shape index (κ2) is 7.67. The van der Waals surface area contributed by atoms with Crippen LogP contribution in [0.15, 0.2) is 36.4 Å². The summed E-state index contributed by atoms with van der Waals surface area (Å²) >= 11 is 5.99. The average molecular weight is 405 g/mol. The van der Waals surface area contributed by atoms with Crippen LogP contribution in [0.2, 0.25) is 5.02 Å². The Morgan fingerprint density at radius 2 is 1.86 bits per heavy atom. The highest BCUT2D eigenvalue weighted by molar-refractivity contribution is 6.33. The highest BCUT2D eigenvalue weighted by Crippen LogP contribution is 2.32. The molecular weight excluding hydrogens is 387 g/mol. The predicted molar refractivity (Wildman–Crippen MR) is 100 cm³/mol. The maximum atomic E-state index is 14.0. The number of hydrogen-bond acceptors (Lipinski definition) is 4. The molecule has 28 heavy (non-hydrogen) atoms. The molecule has 2 aliphatic heterocycles. The molecule has 0 aromatic heterocycles. The lowest BCUT2D eigenvalue weighted by Gasteiger charge is -2.32. The Morgan fingerprint density at radius 3 is 2.61 bits per heavy atom. The van der Waals surface area contributed by atoms with Crippen LogP contribution >= 0.6 is 11.6 Å². The lowest BCUT2D eigenvalue weighted by atomic mass is 10.0. The van der Waals surface area contributed by atoms with E-state index in [9.17, 15) is 14.0 Å². The molecule has 1 saturated heterocycles. The summed E-state index contributed by atoms with van der Waals surface area (Å²) in [5.41, 5.74) is 0.382. The molecule has 2 aromatic rings. The van der Waals surface area contributed by atoms with Crippen LogP contribution < -0.4 is 14.8 Å². The van der Waals surface area contributed by atoms with Gasteiger partial charge in [-0.15, -0.1) is 0 Å². The summed E-state index contributed by atoms with van der Waals surface area (Å²) in [5.74, 6) is -0.0929. The van der Waals surface area contributed by atoms with Gasteiger partial charge in [-0.25, -0.2) is 4.39 Å². The standard InChI is InChI=1S/C20H18ClFN2O4/c21-14-2-1-3-15(22)18(14)20(26)24-8-6-13(7-9-24)23-19(25)12-4-5-16-17(10-12)28-11-27-16/h1-5,10,13H,6-9,11H2,(H,23,25). The van der Waals surface area contributed by atoms with Crippen LogP contribution in [0, 0.1) is 5.82 Å². The first kappa shape index (κ1) is 18.6. The third-order valence-corrected chi connectivity index (χ3v) is 5.24. The Hall–Kier alpha value is -2.80. The molecule has 0 radical (unpaired) electrons. The van der Waals surface area contributed by atoms with Gasteiger partial charge >= 0.3 is 0 Å². The van der Waals surface area contributed by atoms with Crippen molar-refractivity contribution in [3.63, 3.8) is 0 Å². The molecule has 1 fully saturated rings. The number of nitrogens with zero attached hydrogens (tertiary/aromatic N) is 1. The van der Waals surface area contributed by atoms with Crippen molar-refractivity contribution in [3.05, 3.63) is 58.4 Å². The number of carbonyl (C=O) groups excluding carboxylic acids is 2. The highest BCUT2D eigenvalue weighted by atomic mass is 35.5. The molecule has 1 N–H and O–H groups in total. The number of nitrogens with one attached hydrogen (secondary N) is 1. The summed E-state index contributed by atoms with van der Waals surface area (Å²) in [6.45, 7) is 0.976. The Balaban J connectivity index is 1.35.